The first-order valence-corrected chi connectivity index (χ1v) is 5.68. The van der Waals surface area contributed by atoms with Gasteiger partial charge in [0.1, 0.15) is 33.8 Å². The lowest BCUT2D eigenvalue weighted by atomic mass is 10.3. The van der Waals surface area contributed by atoms with Crippen molar-refractivity contribution >= 4 is 17.6 Å². The SMILES string of the molecule is CC(C)(C)[S@+]([O-])N=Cc1ncc(F)cc1F. The van der Waals surface area contributed by atoms with Gasteiger partial charge in [0.25, 0.3) is 0 Å². The first kappa shape index (κ1) is 13.1. The summed E-state index contributed by atoms with van der Waals surface area (Å²) in [6.45, 7) is 5.23. The van der Waals surface area contributed by atoms with Crippen LogP contribution in [-0.2, 0) is 11.4 Å². The quantitative estimate of drug-likeness (QED) is 0.593. The minimum Gasteiger partial charge on any atom is -0.591 e. The molecule has 0 fully saturated rings. The molecule has 1 aromatic rings. The minimum atomic E-state index is -1.48. The van der Waals surface area contributed by atoms with Crippen LogP contribution in [-0.4, -0.2) is 20.5 Å². The lowest BCUT2D eigenvalue weighted by Crippen LogP contribution is -2.25. The molecule has 0 radical (unpaired) electrons. The molecule has 0 saturated heterocycles. The molecule has 0 bridgehead atoms. The van der Waals surface area contributed by atoms with Gasteiger partial charge in [-0.3, -0.25) is 0 Å². The Balaban J connectivity index is 2.85. The molecular formula is C10H12F2N2OS. The van der Waals surface area contributed by atoms with Crippen molar-refractivity contribution in [1.82, 2.24) is 4.98 Å². The third kappa shape index (κ3) is 3.53. The fourth-order valence-electron chi connectivity index (χ4n) is 0.776. The van der Waals surface area contributed by atoms with Gasteiger partial charge in [-0.1, -0.05) is 4.40 Å². The van der Waals surface area contributed by atoms with Crippen LogP contribution in [0.5, 0.6) is 0 Å². The van der Waals surface area contributed by atoms with Crippen LogP contribution in [0.3, 0.4) is 0 Å². The van der Waals surface area contributed by atoms with Crippen molar-refractivity contribution in [3.8, 4) is 0 Å². The highest BCUT2D eigenvalue weighted by Gasteiger charge is 2.26. The van der Waals surface area contributed by atoms with Crippen molar-refractivity contribution in [3.05, 3.63) is 29.6 Å². The zero-order valence-corrected chi connectivity index (χ0v) is 10.0. The van der Waals surface area contributed by atoms with E-state index in [9.17, 15) is 13.3 Å². The molecule has 0 aromatic carbocycles. The van der Waals surface area contributed by atoms with Crippen LogP contribution in [0.25, 0.3) is 0 Å². The predicted octanol–water partition coefficient (Wildman–Crippen LogP) is 2.24. The molecule has 0 aliphatic rings. The molecule has 1 aromatic heterocycles. The Morgan fingerprint density at radius 3 is 2.56 bits per heavy atom. The normalized spacial score (nSPS) is 14.4. The molecule has 6 heteroatoms. The van der Waals surface area contributed by atoms with Gasteiger partial charge in [-0.15, -0.1) is 0 Å². The Morgan fingerprint density at radius 1 is 1.44 bits per heavy atom. The number of hydrogen-bond acceptors (Lipinski definition) is 3. The zero-order chi connectivity index (χ0) is 12.3. The molecule has 88 valence electrons. The summed E-state index contributed by atoms with van der Waals surface area (Å²) in [4.78, 5) is 3.50. The van der Waals surface area contributed by atoms with E-state index in [2.05, 4.69) is 9.38 Å². The summed E-state index contributed by atoms with van der Waals surface area (Å²) in [7, 11) is 0. The topological polar surface area (TPSA) is 48.3 Å². The summed E-state index contributed by atoms with van der Waals surface area (Å²) < 4.78 is 40.3. The fraction of sp³-hybridized carbons (Fsp3) is 0.400. The number of rotatable bonds is 2. The van der Waals surface area contributed by atoms with E-state index in [1.807, 2.05) is 0 Å². The van der Waals surface area contributed by atoms with E-state index in [4.69, 9.17) is 0 Å². The van der Waals surface area contributed by atoms with Crippen LogP contribution in [0, 0.1) is 11.6 Å². The largest absolute Gasteiger partial charge is 0.591 e. The van der Waals surface area contributed by atoms with Crippen molar-refractivity contribution in [2.75, 3.05) is 0 Å². The minimum absolute atomic E-state index is 0.126. The Bertz CT molecular complexity index is 404. The highest BCUT2D eigenvalue weighted by Crippen LogP contribution is 2.16. The molecule has 3 nitrogen and oxygen atoms in total. The Kier molecular flexibility index (Phi) is 3.98. The number of pyridine rings is 1. The summed E-state index contributed by atoms with van der Waals surface area (Å²) >= 11 is -1.48. The second-order valence-corrected chi connectivity index (χ2v) is 6.05. The van der Waals surface area contributed by atoms with Gasteiger partial charge in [0.2, 0.25) is 0 Å². The van der Waals surface area contributed by atoms with Crippen LogP contribution in [0.4, 0.5) is 8.78 Å². The van der Waals surface area contributed by atoms with Crippen molar-refractivity contribution in [2.24, 2.45) is 4.40 Å². The number of halogens is 2. The zero-order valence-electron chi connectivity index (χ0n) is 9.20. The Labute approximate surface area is 95.9 Å². The van der Waals surface area contributed by atoms with Crippen LogP contribution in [0.15, 0.2) is 16.7 Å². The van der Waals surface area contributed by atoms with Gasteiger partial charge in [-0.25, -0.2) is 13.8 Å². The molecule has 0 unspecified atom stereocenters. The molecule has 0 saturated carbocycles. The van der Waals surface area contributed by atoms with Gasteiger partial charge in [0.15, 0.2) is 5.82 Å². The highest BCUT2D eigenvalue weighted by molar-refractivity contribution is 7.91. The highest BCUT2D eigenvalue weighted by atomic mass is 32.2. The standard InChI is InChI=1S/C10H12F2N2OS/c1-10(2,3)16(15)14-6-9-8(12)4-7(11)5-13-9/h4-6H,1-3H3/t16-/m0/s1. The molecule has 1 rings (SSSR count). The lowest BCUT2D eigenvalue weighted by Gasteiger charge is -2.17. The first-order valence-electron chi connectivity index (χ1n) is 4.58. The van der Waals surface area contributed by atoms with Crippen molar-refractivity contribution in [2.45, 2.75) is 25.5 Å². The maximum Gasteiger partial charge on any atom is 0.153 e. The van der Waals surface area contributed by atoms with E-state index in [1.54, 1.807) is 20.8 Å². The molecule has 1 atom stereocenters. The van der Waals surface area contributed by atoms with Gasteiger partial charge in [-0.2, -0.15) is 0 Å². The predicted molar refractivity (Wildman–Crippen MR) is 59.6 cm³/mol. The van der Waals surface area contributed by atoms with Crippen LogP contribution < -0.4 is 0 Å². The Hall–Kier alpha value is -1.01. The monoisotopic (exact) mass is 246 g/mol. The van der Waals surface area contributed by atoms with E-state index in [0.717, 1.165) is 12.4 Å². The van der Waals surface area contributed by atoms with E-state index in [0.29, 0.717) is 6.07 Å². The third-order valence-electron chi connectivity index (χ3n) is 1.63. The van der Waals surface area contributed by atoms with Gasteiger partial charge in [-0.05, 0) is 20.8 Å². The number of hydrogen-bond donors (Lipinski definition) is 0. The van der Waals surface area contributed by atoms with Gasteiger partial charge >= 0.3 is 0 Å². The average molecular weight is 246 g/mol. The molecule has 0 aliphatic carbocycles. The van der Waals surface area contributed by atoms with Crippen molar-refractivity contribution in [3.63, 3.8) is 0 Å². The molecule has 1 heterocycles. The van der Waals surface area contributed by atoms with E-state index >= 15 is 0 Å². The second kappa shape index (κ2) is 4.88. The van der Waals surface area contributed by atoms with Crippen molar-refractivity contribution in [1.29, 1.82) is 0 Å². The van der Waals surface area contributed by atoms with Crippen LogP contribution in [0.2, 0.25) is 0 Å². The fourth-order valence-corrected chi connectivity index (χ4v) is 1.29. The summed E-state index contributed by atoms with van der Waals surface area (Å²) in [5, 5.41) is 0. The summed E-state index contributed by atoms with van der Waals surface area (Å²) in [5.41, 5.74) is -0.126. The Morgan fingerprint density at radius 2 is 2.06 bits per heavy atom. The molecule has 0 amide bonds. The molecule has 0 aliphatic heterocycles. The second-order valence-electron chi connectivity index (χ2n) is 4.12. The average Bonchev–Trinajstić information content (AvgIpc) is 2.14. The maximum atomic E-state index is 13.1. The summed E-state index contributed by atoms with van der Waals surface area (Å²) in [6, 6.07) is 0.703. The van der Waals surface area contributed by atoms with Gasteiger partial charge in [0.05, 0.1) is 6.20 Å². The van der Waals surface area contributed by atoms with E-state index in [1.165, 1.54) is 0 Å². The van der Waals surface area contributed by atoms with Crippen LogP contribution in [0.1, 0.15) is 26.5 Å². The van der Waals surface area contributed by atoms with E-state index in [-0.39, 0.29) is 5.69 Å². The first-order chi connectivity index (χ1) is 7.30. The third-order valence-corrected chi connectivity index (χ3v) is 2.98. The number of nitrogens with zero attached hydrogens (tertiary/aromatic N) is 2. The molecule has 16 heavy (non-hydrogen) atoms. The lowest BCUT2D eigenvalue weighted by molar-refractivity contribution is 0.561. The molecule has 0 N–H and O–H groups in total. The van der Waals surface area contributed by atoms with Gasteiger partial charge in [0, 0.05) is 6.07 Å². The molecule has 0 spiro atoms. The van der Waals surface area contributed by atoms with Crippen LogP contribution >= 0.6 is 0 Å². The summed E-state index contributed by atoms with van der Waals surface area (Å²) in [5.74, 6) is -1.58. The summed E-state index contributed by atoms with van der Waals surface area (Å²) in [6.07, 6.45) is 1.93. The number of aromatic nitrogens is 1. The maximum absolute atomic E-state index is 13.1. The van der Waals surface area contributed by atoms with E-state index < -0.39 is 27.7 Å². The smallest absolute Gasteiger partial charge is 0.153 e. The van der Waals surface area contributed by atoms with Gasteiger partial charge < -0.3 is 4.55 Å². The van der Waals surface area contributed by atoms with Crippen molar-refractivity contribution < 1.29 is 13.3 Å². The molecular weight excluding hydrogens is 234 g/mol.